The van der Waals surface area contributed by atoms with Gasteiger partial charge in [0, 0.05) is 10.6 Å². The fourth-order valence-corrected chi connectivity index (χ4v) is 3.09. The van der Waals surface area contributed by atoms with Gasteiger partial charge in [-0.15, -0.1) is 5.10 Å². The van der Waals surface area contributed by atoms with E-state index in [0.717, 1.165) is 5.01 Å². The smallest absolute Gasteiger partial charge is 0.280 e. The monoisotopic (exact) mass is 414 g/mol. The summed E-state index contributed by atoms with van der Waals surface area (Å²) in [5.74, 6) is -0.769. The van der Waals surface area contributed by atoms with Crippen molar-refractivity contribution in [1.29, 1.82) is 0 Å². The van der Waals surface area contributed by atoms with Gasteiger partial charge in [0.2, 0.25) is 0 Å². The van der Waals surface area contributed by atoms with Crippen LogP contribution in [0.25, 0.3) is 0 Å². The fraction of sp³-hybridized carbons (Fsp3) is 0.0556. The van der Waals surface area contributed by atoms with E-state index < -0.39 is 17.9 Å². The molecule has 10 heteroatoms. The molecule has 0 radical (unpaired) electrons. The zero-order valence-corrected chi connectivity index (χ0v) is 15.7. The number of hydrogen-bond acceptors (Lipinski definition) is 5. The minimum atomic E-state index is -0.995. The van der Waals surface area contributed by atoms with Crippen LogP contribution in [0.5, 0.6) is 0 Å². The molecule has 1 atom stereocenters. The molecule has 1 aliphatic rings. The molecule has 28 heavy (non-hydrogen) atoms. The summed E-state index contributed by atoms with van der Waals surface area (Å²) in [6.45, 7) is 0. The Morgan fingerprint density at radius 1 is 1.11 bits per heavy atom. The number of benzene rings is 2. The molecular formula is C18H12Cl2N6O2. The van der Waals surface area contributed by atoms with E-state index in [9.17, 15) is 9.59 Å². The van der Waals surface area contributed by atoms with Crippen molar-refractivity contribution in [2.75, 3.05) is 5.01 Å². The van der Waals surface area contributed by atoms with Crippen molar-refractivity contribution in [3.05, 3.63) is 76.8 Å². The molecule has 2 aromatic carbocycles. The molecule has 0 fully saturated rings. The lowest BCUT2D eigenvalue weighted by molar-refractivity contribution is -0.119. The molecule has 0 bridgehead atoms. The SMILES string of the molecule is O=C(NC1=NN(c2cc(Cl)ccc2Cl)C(=O)C1n1cncn1)c1ccccc1. The van der Waals surface area contributed by atoms with Crippen LogP contribution in [0.2, 0.25) is 10.0 Å². The molecule has 0 saturated carbocycles. The first kappa shape index (κ1) is 18.1. The van der Waals surface area contributed by atoms with E-state index in [0.29, 0.717) is 16.3 Å². The van der Waals surface area contributed by atoms with Crippen molar-refractivity contribution >= 4 is 46.5 Å². The number of anilines is 1. The van der Waals surface area contributed by atoms with E-state index in [1.807, 2.05) is 0 Å². The van der Waals surface area contributed by atoms with Crippen molar-refractivity contribution in [1.82, 2.24) is 20.1 Å². The third kappa shape index (κ3) is 3.35. The minimum absolute atomic E-state index is 0.0976. The highest BCUT2D eigenvalue weighted by molar-refractivity contribution is 6.36. The van der Waals surface area contributed by atoms with Gasteiger partial charge in [0.1, 0.15) is 12.7 Å². The number of amidine groups is 1. The molecule has 1 aliphatic heterocycles. The van der Waals surface area contributed by atoms with Gasteiger partial charge in [0.15, 0.2) is 11.9 Å². The van der Waals surface area contributed by atoms with Gasteiger partial charge in [-0.2, -0.15) is 10.1 Å². The van der Waals surface area contributed by atoms with E-state index >= 15 is 0 Å². The number of rotatable bonds is 3. The van der Waals surface area contributed by atoms with Crippen molar-refractivity contribution in [3.63, 3.8) is 0 Å². The summed E-state index contributed by atoms with van der Waals surface area (Å²) in [4.78, 5) is 29.5. The van der Waals surface area contributed by atoms with E-state index in [-0.39, 0.29) is 10.9 Å². The second-order valence-electron chi connectivity index (χ2n) is 5.83. The van der Waals surface area contributed by atoms with Gasteiger partial charge in [0.05, 0.1) is 10.7 Å². The molecule has 8 nitrogen and oxygen atoms in total. The number of nitrogens with zero attached hydrogens (tertiary/aromatic N) is 5. The molecular weight excluding hydrogens is 403 g/mol. The fourth-order valence-electron chi connectivity index (χ4n) is 2.73. The maximum Gasteiger partial charge on any atom is 0.280 e. The Morgan fingerprint density at radius 3 is 2.61 bits per heavy atom. The Morgan fingerprint density at radius 2 is 1.89 bits per heavy atom. The second-order valence-corrected chi connectivity index (χ2v) is 6.67. The van der Waals surface area contributed by atoms with Gasteiger partial charge in [-0.3, -0.25) is 9.59 Å². The molecule has 0 aliphatic carbocycles. The number of carbonyl (C=O) groups is 2. The minimum Gasteiger partial charge on any atom is -0.306 e. The predicted molar refractivity (Wildman–Crippen MR) is 104 cm³/mol. The van der Waals surface area contributed by atoms with Gasteiger partial charge < -0.3 is 5.32 Å². The van der Waals surface area contributed by atoms with Crippen LogP contribution in [0.15, 0.2) is 66.3 Å². The number of nitrogens with one attached hydrogen (secondary N) is 1. The van der Waals surface area contributed by atoms with Crippen LogP contribution in [0.1, 0.15) is 16.4 Å². The Kier molecular flexibility index (Phi) is 4.81. The van der Waals surface area contributed by atoms with E-state index in [1.54, 1.807) is 42.5 Å². The highest BCUT2D eigenvalue weighted by Crippen LogP contribution is 2.33. The van der Waals surface area contributed by atoms with Crippen LogP contribution >= 0.6 is 23.2 Å². The Balaban J connectivity index is 1.73. The zero-order chi connectivity index (χ0) is 19.7. The highest BCUT2D eigenvalue weighted by Gasteiger charge is 2.40. The van der Waals surface area contributed by atoms with Crippen molar-refractivity contribution in [2.24, 2.45) is 5.10 Å². The Labute approximate surface area is 169 Å². The van der Waals surface area contributed by atoms with Gasteiger partial charge in [-0.1, -0.05) is 41.4 Å². The summed E-state index contributed by atoms with van der Waals surface area (Å²) in [6, 6.07) is 12.3. The lowest BCUT2D eigenvalue weighted by atomic mass is 10.2. The third-order valence-electron chi connectivity index (χ3n) is 4.02. The van der Waals surface area contributed by atoms with Gasteiger partial charge in [-0.25, -0.2) is 9.67 Å². The van der Waals surface area contributed by atoms with Crippen LogP contribution in [0.4, 0.5) is 5.69 Å². The molecule has 1 aromatic heterocycles. The van der Waals surface area contributed by atoms with Crippen molar-refractivity contribution in [3.8, 4) is 0 Å². The van der Waals surface area contributed by atoms with Crippen LogP contribution in [0.3, 0.4) is 0 Å². The first-order valence-electron chi connectivity index (χ1n) is 8.12. The van der Waals surface area contributed by atoms with Crippen molar-refractivity contribution in [2.45, 2.75) is 6.04 Å². The molecule has 4 rings (SSSR count). The zero-order valence-electron chi connectivity index (χ0n) is 14.2. The quantitative estimate of drug-likeness (QED) is 0.712. The van der Waals surface area contributed by atoms with Gasteiger partial charge in [0.25, 0.3) is 11.8 Å². The standard InChI is InChI=1S/C18H12Cl2N6O2/c19-12-6-7-13(20)14(8-12)26-18(28)15(25-10-21-9-22-25)16(24-26)23-17(27)11-4-2-1-3-5-11/h1-10,15H,(H,23,24,27). The highest BCUT2D eigenvalue weighted by atomic mass is 35.5. The molecule has 3 aromatic rings. The van der Waals surface area contributed by atoms with Crippen LogP contribution < -0.4 is 10.3 Å². The van der Waals surface area contributed by atoms with Gasteiger partial charge in [-0.05, 0) is 30.3 Å². The molecule has 0 saturated heterocycles. The number of amides is 2. The number of carbonyl (C=O) groups excluding carboxylic acids is 2. The molecule has 1 unspecified atom stereocenters. The topological polar surface area (TPSA) is 92.5 Å². The summed E-state index contributed by atoms with van der Waals surface area (Å²) in [5, 5.41) is 12.8. The average Bonchev–Trinajstić information content (AvgIpc) is 3.32. The first-order valence-corrected chi connectivity index (χ1v) is 8.88. The molecule has 140 valence electrons. The van der Waals surface area contributed by atoms with E-state index in [1.165, 1.54) is 23.4 Å². The third-order valence-corrected chi connectivity index (χ3v) is 4.58. The molecule has 2 amide bonds. The molecule has 0 spiro atoms. The van der Waals surface area contributed by atoms with E-state index in [4.69, 9.17) is 23.2 Å². The normalized spacial score (nSPS) is 16.2. The molecule has 1 N–H and O–H groups in total. The maximum atomic E-state index is 13.1. The van der Waals surface area contributed by atoms with Gasteiger partial charge >= 0.3 is 0 Å². The number of halogens is 2. The second kappa shape index (κ2) is 7.41. The maximum absolute atomic E-state index is 13.1. The van der Waals surface area contributed by atoms with Crippen molar-refractivity contribution < 1.29 is 9.59 Å². The predicted octanol–water partition coefficient (Wildman–Crippen LogP) is 2.92. The van der Waals surface area contributed by atoms with E-state index in [2.05, 4.69) is 20.5 Å². The lowest BCUT2D eigenvalue weighted by Crippen LogP contribution is -2.38. The number of aromatic nitrogens is 3. The van der Waals surface area contributed by atoms with Crippen LogP contribution in [-0.2, 0) is 4.79 Å². The summed E-state index contributed by atoms with van der Waals surface area (Å²) in [7, 11) is 0. The number of hydrazone groups is 1. The largest absolute Gasteiger partial charge is 0.306 e. The Bertz CT molecular complexity index is 1070. The first-order chi connectivity index (χ1) is 13.5. The van der Waals surface area contributed by atoms with Crippen LogP contribution in [0, 0.1) is 0 Å². The summed E-state index contributed by atoms with van der Waals surface area (Å²) < 4.78 is 1.31. The van der Waals surface area contributed by atoms with Crippen LogP contribution in [-0.4, -0.2) is 32.4 Å². The average molecular weight is 415 g/mol. The molecule has 2 heterocycles. The summed E-state index contributed by atoms with van der Waals surface area (Å²) >= 11 is 12.3. The summed E-state index contributed by atoms with van der Waals surface area (Å²) in [6.07, 6.45) is 2.66. The number of hydrogen-bond donors (Lipinski definition) is 1. The Hall–Kier alpha value is -3.23. The lowest BCUT2D eigenvalue weighted by Gasteiger charge is -2.15. The summed E-state index contributed by atoms with van der Waals surface area (Å²) in [5.41, 5.74) is 0.725.